The van der Waals surface area contributed by atoms with Gasteiger partial charge in [0.2, 0.25) is 5.91 Å². The Morgan fingerprint density at radius 3 is 2.33 bits per heavy atom. The van der Waals surface area contributed by atoms with Gasteiger partial charge in [-0.15, -0.1) is 0 Å². The van der Waals surface area contributed by atoms with Crippen molar-refractivity contribution < 1.29 is 14.1 Å². The zero-order valence-corrected chi connectivity index (χ0v) is 16.8. The average molecular weight is 394 g/mol. The molecule has 4 nitrogen and oxygen atoms in total. The van der Waals surface area contributed by atoms with E-state index in [0.29, 0.717) is 6.54 Å². The molecule has 0 spiro atoms. The summed E-state index contributed by atoms with van der Waals surface area (Å²) in [6, 6.07) is 6.13. The van der Waals surface area contributed by atoms with Gasteiger partial charge >= 0.3 is 7.12 Å². The smallest absolute Gasteiger partial charge is 0.400 e. The third kappa shape index (κ3) is 4.29. The van der Waals surface area contributed by atoms with Gasteiger partial charge in [0, 0.05) is 17.9 Å². The molecule has 2 rings (SSSR count). The number of aryl methyl sites for hydroxylation is 1. The van der Waals surface area contributed by atoms with Gasteiger partial charge in [-0.1, -0.05) is 34.1 Å². The maximum Gasteiger partial charge on any atom is 0.492 e. The summed E-state index contributed by atoms with van der Waals surface area (Å²) >= 11 is 3.51. The van der Waals surface area contributed by atoms with Crippen LogP contribution in [0, 0.1) is 6.92 Å². The average Bonchev–Trinajstić information content (AvgIpc) is 2.67. The summed E-state index contributed by atoms with van der Waals surface area (Å²) in [5.41, 5.74) is 2.26. The molecule has 1 amide bonds. The molecule has 1 aromatic rings. The third-order valence-electron chi connectivity index (χ3n) is 4.63. The zero-order chi connectivity index (χ0) is 18.1. The van der Waals surface area contributed by atoms with E-state index in [1.165, 1.54) is 6.92 Å². The predicted molar refractivity (Wildman–Crippen MR) is 102 cm³/mol. The normalized spacial score (nSPS) is 19.5. The summed E-state index contributed by atoms with van der Waals surface area (Å²) in [6.07, 6.45) is 2.03. The van der Waals surface area contributed by atoms with E-state index in [2.05, 4.69) is 27.3 Å². The molecule has 1 heterocycles. The van der Waals surface area contributed by atoms with Crippen molar-refractivity contribution in [2.75, 3.05) is 6.54 Å². The fourth-order valence-corrected chi connectivity index (χ4v) is 2.64. The van der Waals surface area contributed by atoms with Crippen molar-refractivity contribution in [3.63, 3.8) is 0 Å². The Bertz CT molecular complexity index is 654. The number of carbonyl (C=O) groups is 1. The molecule has 1 N–H and O–H groups in total. The van der Waals surface area contributed by atoms with Gasteiger partial charge in [0.05, 0.1) is 11.2 Å². The minimum absolute atomic E-state index is 0.0793. The molecule has 0 saturated carbocycles. The summed E-state index contributed by atoms with van der Waals surface area (Å²) in [4.78, 5) is 11.3. The van der Waals surface area contributed by atoms with Crippen molar-refractivity contribution in [3.05, 3.63) is 39.3 Å². The lowest BCUT2D eigenvalue weighted by Gasteiger charge is -2.32. The Kier molecular flexibility index (Phi) is 5.62. The molecule has 0 unspecified atom stereocenters. The first-order valence-corrected chi connectivity index (χ1v) is 8.88. The Labute approximate surface area is 153 Å². The predicted octanol–water partition coefficient (Wildman–Crippen LogP) is 3.91. The van der Waals surface area contributed by atoms with E-state index >= 15 is 0 Å². The van der Waals surface area contributed by atoms with Crippen LogP contribution in [0.2, 0.25) is 0 Å². The molecule has 1 saturated heterocycles. The van der Waals surface area contributed by atoms with Crippen molar-refractivity contribution >= 4 is 35.0 Å². The number of rotatable bonds is 4. The van der Waals surface area contributed by atoms with E-state index in [9.17, 15) is 4.79 Å². The number of amides is 1. The fourth-order valence-electron chi connectivity index (χ4n) is 2.40. The van der Waals surface area contributed by atoms with Gasteiger partial charge < -0.3 is 14.6 Å². The van der Waals surface area contributed by atoms with E-state index in [0.717, 1.165) is 21.1 Å². The Morgan fingerprint density at radius 2 is 1.83 bits per heavy atom. The second kappa shape index (κ2) is 7.02. The highest BCUT2D eigenvalue weighted by molar-refractivity contribution is 9.10. The largest absolute Gasteiger partial charge is 0.492 e. The van der Waals surface area contributed by atoms with Crippen LogP contribution in [0.1, 0.15) is 45.7 Å². The molecule has 130 valence electrons. The topological polar surface area (TPSA) is 47.6 Å². The summed E-state index contributed by atoms with van der Waals surface area (Å²) in [5.74, 6) is -0.0793. The molecule has 0 aromatic heterocycles. The molecule has 1 aliphatic heterocycles. The van der Waals surface area contributed by atoms with Crippen LogP contribution >= 0.6 is 15.9 Å². The first kappa shape index (κ1) is 19.2. The second-order valence-electron chi connectivity index (χ2n) is 7.23. The molecule has 0 radical (unpaired) electrons. The zero-order valence-electron chi connectivity index (χ0n) is 15.2. The van der Waals surface area contributed by atoms with E-state index < -0.39 is 18.3 Å². The van der Waals surface area contributed by atoms with Crippen LogP contribution in [-0.2, 0) is 14.1 Å². The lowest BCUT2D eigenvalue weighted by Crippen LogP contribution is -2.41. The monoisotopic (exact) mass is 393 g/mol. The molecule has 24 heavy (non-hydrogen) atoms. The van der Waals surface area contributed by atoms with Crippen molar-refractivity contribution in [2.24, 2.45) is 0 Å². The number of halogens is 1. The van der Waals surface area contributed by atoms with E-state index in [4.69, 9.17) is 9.31 Å². The molecule has 1 aromatic carbocycles. The van der Waals surface area contributed by atoms with Crippen molar-refractivity contribution in [2.45, 2.75) is 52.7 Å². The van der Waals surface area contributed by atoms with Crippen molar-refractivity contribution in [1.82, 2.24) is 5.32 Å². The summed E-state index contributed by atoms with van der Waals surface area (Å²) in [5, 5.41) is 2.85. The number of benzene rings is 1. The lowest BCUT2D eigenvalue weighted by atomic mass is 9.77. The molecule has 1 aliphatic rings. The third-order valence-corrected chi connectivity index (χ3v) is 5.52. The molecule has 0 atom stereocenters. The van der Waals surface area contributed by atoms with Crippen LogP contribution in [0.4, 0.5) is 0 Å². The van der Waals surface area contributed by atoms with Crippen LogP contribution < -0.4 is 5.32 Å². The molecule has 6 heteroatoms. The minimum Gasteiger partial charge on any atom is -0.400 e. The van der Waals surface area contributed by atoms with E-state index in [-0.39, 0.29) is 5.91 Å². The number of carbonyl (C=O) groups excluding carboxylic acids is 1. The quantitative estimate of drug-likeness (QED) is 0.789. The summed E-state index contributed by atoms with van der Waals surface area (Å²) in [6.45, 7) is 12.0. The molecular formula is C18H25BBrNO3. The summed E-state index contributed by atoms with van der Waals surface area (Å²) < 4.78 is 13.3. The van der Waals surface area contributed by atoms with E-state index in [1.807, 2.05) is 52.8 Å². The van der Waals surface area contributed by atoms with E-state index in [1.54, 1.807) is 0 Å². The highest BCUT2D eigenvalue weighted by Crippen LogP contribution is 2.38. The number of hydrogen-bond acceptors (Lipinski definition) is 3. The Morgan fingerprint density at radius 1 is 1.25 bits per heavy atom. The van der Waals surface area contributed by atoms with Gasteiger partial charge in [0.1, 0.15) is 0 Å². The van der Waals surface area contributed by atoms with Gasteiger partial charge in [0.25, 0.3) is 0 Å². The molecule has 1 fully saturated rings. The first-order chi connectivity index (χ1) is 11.0. The Hall–Kier alpha value is -1.11. The van der Waals surface area contributed by atoms with Gasteiger partial charge in [-0.05, 0) is 57.3 Å². The summed E-state index contributed by atoms with van der Waals surface area (Å²) in [7, 11) is -0.481. The molecule has 0 bridgehead atoms. The highest BCUT2D eigenvalue weighted by atomic mass is 79.9. The molecule has 0 aliphatic carbocycles. The lowest BCUT2D eigenvalue weighted by molar-refractivity contribution is -0.118. The van der Waals surface area contributed by atoms with Crippen LogP contribution in [0.5, 0.6) is 0 Å². The van der Waals surface area contributed by atoms with Crippen molar-refractivity contribution in [1.29, 1.82) is 0 Å². The number of nitrogens with one attached hydrogen (secondary N) is 1. The number of hydrogen-bond donors (Lipinski definition) is 1. The fraction of sp³-hybridized carbons (Fsp3) is 0.500. The van der Waals surface area contributed by atoms with Gasteiger partial charge in [0.15, 0.2) is 0 Å². The van der Waals surface area contributed by atoms with Crippen LogP contribution in [0.15, 0.2) is 28.1 Å². The maximum atomic E-state index is 11.3. The highest BCUT2D eigenvalue weighted by Gasteiger charge is 2.52. The van der Waals surface area contributed by atoms with Gasteiger partial charge in [-0.2, -0.15) is 0 Å². The first-order valence-electron chi connectivity index (χ1n) is 8.08. The standard InChI is InChI=1S/C18H25BBrNO3/c1-12-9-14(7-8-16(12)20)10-15(11-21-13(2)22)19-23-17(3,4)18(5,6)24-19/h7-10H,11H2,1-6H3,(H,21,22). The second-order valence-corrected chi connectivity index (χ2v) is 8.08. The SMILES string of the molecule is CC(=O)NCC(=Cc1ccc(Br)c(C)c1)B1OC(C)(C)C(C)(C)O1. The van der Waals surface area contributed by atoms with Gasteiger partial charge in [-0.3, -0.25) is 4.79 Å². The maximum absolute atomic E-state index is 11.3. The van der Waals surface area contributed by atoms with Crippen LogP contribution in [0.25, 0.3) is 6.08 Å². The molecular weight excluding hydrogens is 369 g/mol. The van der Waals surface area contributed by atoms with Crippen LogP contribution in [0.3, 0.4) is 0 Å². The Balaban J connectivity index is 2.33. The van der Waals surface area contributed by atoms with Crippen molar-refractivity contribution in [3.8, 4) is 0 Å². The minimum atomic E-state index is -0.481. The van der Waals surface area contributed by atoms with Gasteiger partial charge in [-0.25, -0.2) is 0 Å². The van der Waals surface area contributed by atoms with Crippen LogP contribution in [-0.4, -0.2) is 30.8 Å².